The van der Waals surface area contributed by atoms with Crippen molar-refractivity contribution in [3.05, 3.63) is 54.2 Å². The van der Waals surface area contributed by atoms with Gasteiger partial charge in [0.25, 0.3) is 0 Å². The van der Waals surface area contributed by atoms with Crippen LogP contribution in [0.3, 0.4) is 0 Å². The van der Waals surface area contributed by atoms with E-state index in [1.165, 1.54) is 24.8 Å². The van der Waals surface area contributed by atoms with E-state index >= 15 is 0 Å². The van der Waals surface area contributed by atoms with Crippen molar-refractivity contribution in [1.29, 1.82) is 0 Å². The smallest absolute Gasteiger partial charge is 0.117 e. The van der Waals surface area contributed by atoms with Gasteiger partial charge in [-0.15, -0.1) is 12.4 Å². The molecule has 0 aromatic carbocycles. The minimum absolute atomic E-state index is 0. The normalized spacial score (nSPS) is 19.9. The average Bonchev–Trinajstić information content (AvgIpc) is 2.93. The molecule has 3 heterocycles. The summed E-state index contributed by atoms with van der Waals surface area (Å²) in [5.41, 5.74) is 1.32. The topological polar surface area (TPSA) is 29.3 Å². The van der Waals surface area contributed by atoms with E-state index in [1.54, 1.807) is 6.26 Å². The Bertz CT molecular complexity index is 472. The molecule has 0 amide bonds. The van der Waals surface area contributed by atoms with Gasteiger partial charge >= 0.3 is 0 Å². The van der Waals surface area contributed by atoms with Crippen LogP contribution in [0.2, 0.25) is 0 Å². The van der Waals surface area contributed by atoms with Crippen molar-refractivity contribution in [3.63, 3.8) is 0 Å². The maximum absolute atomic E-state index is 5.46. The van der Waals surface area contributed by atoms with Gasteiger partial charge in [0.15, 0.2) is 0 Å². The number of nitrogens with zero attached hydrogens (tertiary/aromatic N) is 2. The molecule has 1 unspecified atom stereocenters. The Morgan fingerprint density at radius 1 is 1.26 bits per heavy atom. The Hall–Kier alpha value is -1.32. The largest absolute Gasteiger partial charge is 0.468 e. The lowest BCUT2D eigenvalue weighted by Gasteiger charge is -2.35. The lowest BCUT2D eigenvalue weighted by Crippen LogP contribution is -2.32. The summed E-state index contributed by atoms with van der Waals surface area (Å²) in [4.78, 5) is 6.74. The molecule has 0 N–H and O–H groups in total. The highest BCUT2D eigenvalue weighted by atomic mass is 35.5. The van der Waals surface area contributed by atoms with Crippen molar-refractivity contribution in [1.82, 2.24) is 9.88 Å². The molecule has 3 nitrogen and oxygen atoms in total. The van der Waals surface area contributed by atoms with Crippen LogP contribution in [0, 0.1) is 0 Å². The first-order valence-electron chi connectivity index (χ1n) is 6.60. The quantitative estimate of drug-likeness (QED) is 0.855. The first-order valence-corrected chi connectivity index (χ1v) is 6.60. The minimum atomic E-state index is 0. The fraction of sp³-hybridized carbons (Fsp3) is 0.400. The second-order valence-electron chi connectivity index (χ2n) is 4.85. The summed E-state index contributed by atoms with van der Waals surface area (Å²) in [6, 6.07) is 8.69. The molecule has 102 valence electrons. The van der Waals surface area contributed by atoms with E-state index in [0.717, 1.165) is 18.8 Å². The highest BCUT2D eigenvalue weighted by Crippen LogP contribution is 2.31. The second-order valence-corrected chi connectivity index (χ2v) is 4.85. The predicted octanol–water partition coefficient (Wildman–Crippen LogP) is 3.82. The van der Waals surface area contributed by atoms with Gasteiger partial charge in [-0.05, 0) is 43.1 Å². The van der Waals surface area contributed by atoms with Crippen LogP contribution < -0.4 is 0 Å². The molecule has 1 aliphatic heterocycles. The van der Waals surface area contributed by atoms with Crippen LogP contribution in [0.5, 0.6) is 0 Å². The number of piperidine rings is 1. The molecule has 3 rings (SSSR count). The molecule has 1 aliphatic rings. The van der Waals surface area contributed by atoms with E-state index in [4.69, 9.17) is 4.42 Å². The monoisotopic (exact) mass is 278 g/mol. The van der Waals surface area contributed by atoms with E-state index in [0.29, 0.717) is 6.04 Å². The summed E-state index contributed by atoms with van der Waals surface area (Å²) in [7, 11) is 0. The van der Waals surface area contributed by atoms with Gasteiger partial charge < -0.3 is 4.42 Å². The molecule has 0 bridgehead atoms. The highest BCUT2D eigenvalue weighted by Gasteiger charge is 2.24. The Labute approximate surface area is 120 Å². The Kier molecular flexibility index (Phi) is 5.00. The van der Waals surface area contributed by atoms with Crippen molar-refractivity contribution in [2.75, 3.05) is 6.54 Å². The summed E-state index contributed by atoms with van der Waals surface area (Å²) in [5.74, 6) is 1.05. The molecule has 1 atom stereocenters. The van der Waals surface area contributed by atoms with Crippen LogP contribution in [0.1, 0.15) is 36.6 Å². The van der Waals surface area contributed by atoms with Crippen LogP contribution in [-0.2, 0) is 6.54 Å². The number of hydrogen-bond acceptors (Lipinski definition) is 3. The molecule has 19 heavy (non-hydrogen) atoms. The fourth-order valence-electron chi connectivity index (χ4n) is 2.73. The molecule has 1 fully saturated rings. The third kappa shape index (κ3) is 3.37. The average molecular weight is 279 g/mol. The summed E-state index contributed by atoms with van der Waals surface area (Å²) in [6.45, 7) is 2.03. The molecular weight excluding hydrogens is 260 g/mol. The molecule has 2 aromatic rings. The zero-order valence-electron chi connectivity index (χ0n) is 10.9. The van der Waals surface area contributed by atoms with E-state index in [9.17, 15) is 0 Å². The van der Waals surface area contributed by atoms with Gasteiger partial charge in [-0.3, -0.25) is 9.88 Å². The first-order chi connectivity index (χ1) is 8.93. The molecule has 2 aromatic heterocycles. The maximum Gasteiger partial charge on any atom is 0.117 e. The zero-order valence-corrected chi connectivity index (χ0v) is 11.7. The number of pyridine rings is 1. The number of aromatic nitrogens is 1. The SMILES string of the molecule is Cl.c1cncc(C2CCCCN2Cc2ccco2)c1. The Morgan fingerprint density at radius 3 is 2.95 bits per heavy atom. The Balaban J connectivity index is 0.00000133. The van der Waals surface area contributed by atoms with Crippen molar-refractivity contribution >= 4 is 12.4 Å². The van der Waals surface area contributed by atoms with Gasteiger partial charge in [-0.2, -0.15) is 0 Å². The van der Waals surface area contributed by atoms with Crippen LogP contribution in [0.25, 0.3) is 0 Å². The first kappa shape index (κ1) is 14.1. The van der Waals surface area contributed by atoms with Gasteiger partial charge in [0.1, 0.15) is 5.76 Å². The standard InChI is InChI=1S/C15H18N2O.ClH/c1-2-9-17(12-14-6-4-10-18-14)15(7-1)13-5-3-8-16-11-13;/h3-6,8,10-11,15H,1-2,7,9,12H2;1H. The third-order valence-corrected chi connectivity index (χ3v) is 3.62. The van der Waals surface area contributed by atoms with Crippen LogP contribution in [0.4, 0.5) is 0 Å². The van der Waals surface area contributed by atoms with Crippen molar-refractivity contribution in [2.24, 2.45) is 0 Å². The van der Waals surface area contributed by atoms with Gasteiger partial charge in [-0.25, -0.2) is 0 Å². The number of furan rings is 1. The maximum atomic E-state index is 5.46. The van der Waals surface area contributed by atoms with Gasteiger partial charge in [0.05, 0.1) is 12.8 Å². The predicted molar refractivity (Wildman–Crippen MR) is 77.2 cm³/mol. The summed E-state index contributed by atoms with van der Waals surface area (Å²) in [5, 5.41) is 0. The minimum Gasteiger partial charge on any atom is -0.468 e. The van der Waals surface area contributed by atoms with E-state index in [1.807, 2.05) is 24.5 Å². The highest BCUT2D eigenvalue weighted by molar-refractivity contribution is 5.85. The summed E-state index contributed by atoms with van der Waals surface area (Å²) >= 11 is 0. The van der Waals surface area contributed by atoms with Gasteiger partial charge in [0, 0.05) is 18.4 Å². The van der Waals surface area contributed by atoms with Crippen molar-refractivity contribution in [2.45, 2.75) is 31.8 Å². The van der Waals surface area contributed by atoms with Gasteiger partial charge in [0.2, 0.25) is 0 Å². The van der Waals surface area contributed by atoms with E-state index in [2.05, 4.69) is 22.0 Å². The number of halogens is 1. The van der Waals surface area contributed by atoms with E-state index in [-0.39, 0.29) is 12.4 Å². The number of hydrogen-bond donors (Lipinski definition) is 0. The molecule has 1 saturated heterocycles. The lowest BCUT2D eigenvalue weighted by molar-refractivity contribution is 0.130. The molecule has 0 radical (unpaired) electrons. The van der Waals surface area contributed by atoms with Crippen molar-refractivity contribution in [3.8, 4) is 0 Å². The zero-order chi connectivity index (χ0) is 12.2. The number of rotatable bonds is 3. The molecular formula is C15H19ClN2O. The van der Waals surface area contributed by atoms with Crippen molar-refractivity contribution < 1.29 is 4.42 Å². The molecule has 4 heteroatoms. The molecule has 0 aliphatic carbocycles. The summed E-state index contributed by atoms with van der Waals surface area (Å²) < 4.78 is 5.46. The van der Waals surface area contributed by atoms with Crippen LogP contribution in [-0.4, -0.2) is 16.4 Å². The molecule has 0 spiro atoms. The fourth-order valence-corrected chi connectivity index (χ4v) is 2.73. The number of likely N-dealkylation sites (tertiary alicyclic amines) is 1. The lowest BCUT2D eigenvalue weighted by atomic mass is 9.96. The van der Waals surface area contributed by atoms with Crippen LogP contribution in [0.15, 0.2) is 47.3 Å². The third-order valence-electron chi connectivity index (χ3n) is 3.62. The molecule has 0 saturated carbocycles. The Morgan fingerprint density at radius 2 is 2.21 bits per heavy atom. The second kappa shape index (κ2) is 6.73. The van der Waals surface area contributed by atoms with Crippen LogP contribution >= 0.6 is 12.4 Å². The van der Waals surface area contributed by atoms with Gasteiger partial charge in [-0.1, -0.05) is 12.5 Å². The van der Waals surface area contributed by atoms with E-state index < -0.39 is 0 Å². The summed E-state index contributed by atoms with van der Waals surface area (Å²) in [6.07, 6.45) is 9.37.